The molecule has 0 radical (unpaired) electrons. The Labute approximate surface area is 171 Å². The van der Waals surface area contributed by atoms with E-state index in [-0.39, 0.29) is 12.5 Å². The molecule has 1 atom stereocenters. The molecule has 8 nitrogen and oxygen atoms in total. The smallest absolute Gasteiger partial charge is 0.338 e. The fourth-order valence-electron chi connectivity index (χ4n) is 3.06. The second-order valence-corrected chi connectivity index (χ2v) is 8.09. The van der Waals surface area contributed by atoms with E-state index in [1.54, 1.807) is 40.9 Å². The molecule has 0 unspecified atom stereocenters. The molecule has 1 aromatic heterocycles. The Balaban J connectivity index is 1.41. The standard InChI is InChI=1S/C20H19N5O3S/c1-14-10-11-24(17-4-2-3-5-18(17)29-14)19(26)12-28-20(27)15-6-8-16(9-7-15)25-13-21-22-23-25/h2-9,13-14H,10-12H2,1H3/t14-/m0/s1. The van der Waals surface area contributed by atoms with Crippen LogP contribution < -0.4 is 4.90 Å². The van der Waals surface area contributed by atoms with Crippen molar-refractivity contribution in [2.75, 3.05) is 18.1 Å². The van der Waals surface area contributed by atoms with Crippen molar-refractivity contribution in [3.63, 3.8) is 0 Å². The van der Waals surface area contributed by atoms with Gasteiger partial charge in [0.1, 0.15) is 6.33 Å². The third-order valence-electron chi connectivity index (χ3n) is 4.59. The molecule has 0 fully saturated rings. The number of para-hydroxylation sites is 1. The van der Waals surface area contributed by atoms with Crippen LogP contribution in [-0.2, 0) is 9.53 Å². The highest BCUT2D eigenvalue weighted by molar-refractivity contribution is 8.00. The summed E-state index contributed by atoms with van der Waals surface area (Å²) in [5, 5.41) is 11.4. The number of fused-ring (bicyclic) bond motifs is 1. The molecule has 2 heterocycles. The number of carbonyl (C=O) groups excluding carboxylic acids is 2. The topological polar surface area (TPSA) is 90.2 Å². The van der Waals surface area contributed by atoms with Crippen LogP contribution in [0.2, 0.25) is 0 Å². The predicted octanol–water partition coefficient (Wildman–Crippen LogP) is 2.74. The summed E-state index contributed by atoms with van der Waals surface area (Å²) in [5.41, 5.74) is 1.94. The van der Waals surface area contributed by atoms with Crippen LogP contribution in [0.5, 0.6) is 0 Å². The SMILES string of the molecule is C[C@H]1CCN(C(=O)COC(=O)c2ccc(-n3cnnn3)cc2)c2ccccc2S1. The van der Waals surface area contributed by atoms with Crippen molar-refractivity contribution in [3.05, 3.63) is 60.4 Å². The molecule has 2 aromatic carbocycles. The molecule has 0 saturated carbocycles. The van der Waals surface area contributed by atoms with Crippen molar-refractivity contribution in [2.45, 2.75) is 23.5 Å². The fourth-order valence-corrected chi connectivity index (χ4v) is 4.18. The summed E-state index contributed by atoms with van der Waals surface area (Å²) >= 11 is 1.76. The maximum atomic E-state index is 12.8. The first kappa shape index (κ1) is 19.1. The molecular formula is C20H19N5O3S. The Morgan fingerprint density at radius 3 is 2.72 bits per heavy atom. The van der Waals surface area contributed by atoms with Crippen LogP contribution in [-0.4, -0.2) is 50.5 Å². The monoisotopic (exact) mass is 409 g/mol. The summed E-state index contributed by atoms with van der Waals surface area (Å²) in [4.78, 5) is 27.9. The molecule has 148 valence electrons. The number of benzene rings is 2. The lowest BCUT2D eigenvalue weighted by Gasteiger charge is -2.22. The van der Waals surface area contributed by atoms with E-state index in [0.29, 0.717) is 17.4 Å². The van der Waals surface area contributed by atoms with E-state index in [1.807, 2.05) is 24.3 Å². The van der Waals surface area contributed by atoms with Gasteiger partial charge in [-0.2, -0.15) is 0 Å². The van der Waals surface area contributed by atoms with Crippen molar-refractivity contribution in [2.24, 2.45) is 0 Å². The van der Waals surface area contributed by atoms with Gasteiger partial charge in [0.05, 0.1) is 16.9 Å². The first-order valence-electron chi connectivity index (χ1n) is 9.18. The molecular weight excluding hydrogens is 390 g/mol. The lowest BCUT2D eigenvalue weighted by molar-refractivity contribution is -0.121. The van der Waals surface area contributed by atoms with Crippen molar-refractivity contribution in [1.29, 1.82) is 0 Å². The summed E-state index contributed by atoms with van der Waals surface area (Å²) in [6.45, 7) is 2.44. The minimum atomic E-state index is -0.549. The number of hydrogen-bond acceptors (Lipinski definition) is 7. The third kappa shape index (κ3) is 4.29. The second kappa shape index (κ2) is 8.44. The van der Waals surface area contributed by atoms with Crippen molar-refractivity contribution >= 4 is 29.3 Å². The Morgan fingerprint density at radius 2 is 1.97 bits per heavy atom. The summed E-state index contributed by atoms with van der Waals surface area (Å²) in [6.07, 6.45) is 2.34. The Hall–Kier alpha value is -3.20. The molecule has 29 heavy (non-hydrogen) atoms. The molecule has 1 aliphatic heterocycles. The third-order valence-corrected chi connectivity index (χ3v) is 5.83. The van der Waals surface area contributed by atoms with Crippen LogP contribution in [0.15, 0.2) is 59.8 Å². The summed E-state index contributed by atoms with van der Waals surface area (Å²) in [6, 6.07) is 14.5. The molecule has 1 aliphatic rings. The van der Waals surface area contributed by atoms with Gasteiger partial charge >= 0.3 is 5.97 Å². The minimum absolute atomic E-state index is 0.231. The van der Waals surface area contributed by atoms with Crippen LogP contribution in [0, 0.1) is 0 Å². The van der Waals surface area contributed by atoms with Gasteiger partial charge in [-0.05, 0) is 53.2 Å². The second-order valence-electron chi connectivity index (χ2n) is 6.61. The number of amides is 1. The molecule has 0 N–H and O–H groups in total. The molecule has 0 bridgehead atoms. The van der Waals surface area contributed by atoms with Crippen molar-refractivity contribution < 1.29 is 14.3 Å². The van der Waals surface area contributed by atoms with Gasteiger partial charge in [-0.1, -0.05) is 19.1 Å². The van der Waals surface area contributed by atoms with Gasteiger partial charge in [-0.15, -0.1) is 16.9 Å². The first-order valence-corrected chi connectivity index (χ1v) is 10.1. The number of rotatable bonds is 4. The highest BCUT2D eigenvalue weighted by atomic mass is 32.2. The average Bonchev–Trinajstić information content (AvgIpc) is 3.22. The molecule has 9 heteroatoms. The number of tetrazole rings is 1. The summed E-state index contributed by atoms with van der Waals surface area (Å²) < 4.78 is 6.75. The number of esters is 1. The van der Waals surface area contributed by atoms with E-state index in [9.17, 15) is 9.59 Å². The van der Waals surface area contributed by atoms with E-state index in [2.05, 4.69) is 22.4 Å². The van der Waals surface area contributed by atoms with Gasteiger partial charge < -0.3 is 9.64 Å². The molecule has 3 aromatic rings. The van der Waals surface area contributed by atoms with E-state index < -0.39 is 5.97 Å². The Kier molecular flexibility index (Phi) is 5.57. The van der Waals surface area contributed by atoms with Gasteiger partial charge in [-0.25, -0.2) is 9.48 Å². The maximum Gasteiger partial charge on any atom is 0.338 e. The fraction of sp³-hybridized carbons (Fsp3) is 0.250. The molecule has 1 amide bonds. The maximum absolute atomic E-state index is 12.8. The van der Waals surface area contributed by atoms with Gasteiger partial charge in [0.15, 0.2) is 6.61 Å². The summed E-state index contributed by atoms with van der Waals surface area (Å²) in [5.74, 6) is -0.779. The van der Waals surface area contributed by atoms with Crippen LogP contribution in [0.1, 0.15) is 23.7 Å². The number of nitrogens with zero attached hydrogens (tertiary/aromatic N) is 5. The van der Waals surface area contributed by atoms with Crippen LogP contribution in [0.3, 0.4) is 0 Å². The number of hydrogen-bond donors (Lipinski definition) is 0. The molecule has 0 spiro atoms. The van der Waals surface area contributed by atoms with E-state index in [1.165, 1.54) is 11.0 Å². The zero-order chi connectivity index (χ0) is 20.2. The highest BCUT2D eigenvalue weighted by Crippen LogP contribution is 2.37. The van der Waals surface area contributed by atoms with E-state index >= 15 is 0 Å². The predicted molar refractivity (Wildman–Crippen MR) is 108 cm³/mol. The quantitative estimate of drug-likeness (QED) is 0.612. The van der Waals surface area contributed by atoms with Crippen LogP contribution in [0.4, 0.5) is 5.69 Å². The van der Waals surface area contributed by atoms with Crippen LogP contribution in [0.25, 0.3) is 5.69 Å². The number of carbonyl (C=O) groups is 2. The minimum Gasteiger partial charge on any atom is -0.452 e. The zero-order valence-electron chi connectivity index (χ0n) is 15.8. The molecule has 0 saturated heterocycles. The Bertz CT molecular complexity index is 1010. The number of aromatic nitrogens is 4. The molecule has 4 rings (SSSR count). The normalized spacial score (nSPS) is 16.0. The summed E-state index contributed by atoms with van der Waals surface area (Å²) in [7, 11) is 0. The largest absolute Gasteiger partial charge is 0.452 e. The first-order chi connectivity index (χ1) is 14.1. The zero-order valence-corrected chi connectivity index (χ0v) is 16.6. The number of thioether (sulfide) groups is 1. The number of anilines is 1. The lowest BCUT2D eigenvalue weighted by atomic mass is 10.2. The molecule has 0 aliphatic carbocycles. The van der Waals surface area contributed by atoms with Crippen molar-refractivity contribution in [3.8, 4) is 5.69 Å². The highest BCUT2D eigenvalue weighted by Gasteiger charge is 2.25. The van der Waals surface area contributed by atoms with Crippen LogP contribution >= 0.6 is 11.8 Å². The van der Waals surface area contributed by atoms with E-state index in [4.69, 9.17) is 4.74 Å². The van der Waals surface area contributed by atoms with Gasteiger partial charge in [0.25, 0.3) is 5.91 Å². The van der Waals surface area contributed by atoms with Gasteiger partial charge in [0, 0.05) is 16.7 Å². The number of ether oxygens (including phenoxy) is 1. The Morgan fingerprint density at radius 1 is 1.17 bits per heavy atom. The lowest BCUT2D eigenvalue weighted by Crippen LogP contribution is -2.35. The van der Waals surface area contributed by atoms with E-state index in [0.717, 1.165) is 22.7 Å². The van der Waals surface area contributed by atoms with Gasteiger partial charge in [-0.3, -0.25) is 4.79 Å². The van der Waals surface area contributed by atoms with Crippen molar-refractivity contribution in [1.82, 2.24) is 20.2 Å². The average molecular weight is 409 g/mol. The van der Waals surface area contributed by atoms with Gasteiger partial charge in [0.2, 0.25) is 0 Å².